The van der Waals surface area contributed by atoms with Crippen molar-refractivity contribution in [3.63, 3.8) is 0 Å². The highest BCUT2D eigenvalue weighted by Crippen LogP contribution is 2.33. The minimum absolute atomic E-state index is 0. The fraction of sp³-hybridized carbons (Fsp3) is 1.00. The van der Waals surface area contributed by atoms with Crippen molar-refractivity contribution >= 4 is 24.9 Å². The van der Waals surface area contributed by atoms with Gasteiger partial charge in [-0.2, -0.15) is 0 Å². The summed E-state index contributed by atoms with van der Waals surface area (Å²) in [5, 5.41) is 0. The molecule has 0 aliphatic rings. The largest absolute Gasteiger partial charge is 0.282 e. The second-order valence-electron chi connectivity index (χ2n) is 1.15. The molecular formula is C2H12AlN2O2P. The molecule has 0 fully saturated rings. The highest BCUT2D eigenvalue weighted by Gasteiger charge is 2.09. The van der Waals surface area contributed by atoms with Crippen LogP contribution in [-0.4, -0.2) is 23.5 Å². The van der Waals surface area contributed by atoms with Crippen LogP contribution in [0.5, 0.6) is 0 Å². The molecule has 0 radical (unpaired) electrons. The lowest BCUT2D eigenvalue weighted by atomic mass is 11.0. The zero-order chi connectivity index (χ0) is 5.91. The molecule has 1 unspecified atom stereocenters. The first-order chi connectivity index (χ1) is 3.12. The fourth-order valence-corrected chi connectivity index (χ4v) is 0.224. The van der Waals surface area contributed by atoms with Gasteiger partial charge < -0.3 is 0 Å². The van der Waals surface area contributed by atoms with E-state index in [0.717, 1.165) is 0 Å². The topological polar surface area (TPSA) is 78.3 Å². The van der Waals surface area contributed by atoms with Gasteiger partial charge in [-0.25, -0.2) is 10.5 Å². The third-order valence-corrected chi connectivity index (χ3v) is 1.86. The van der Waals surface area contributed by atoms with Crippen LogP contribution in [-0.2, 0) is 9.19 Å². The Morgan fingerprint density at radius 1 is 1.75 bits per heavy atom. The molecule has 0 amide bonds. The van der Waals surface area contributed by atoms with E-state index in [-0.39, 0.29) is 23.5 Å². The molecule has 0 aromatic heterocycles. The van der Waals surface area contributed by atoms with Crippen LogP contribution in [0.25, 0.3) is 0 Å². The fourth-order valence-electron chi connectivity index (χ4n) is 0.0745. The molecule has 6 heteroatoms. The summed E-state index contributed by atoms with van der Waals surface area (Å²) >= 11 is 0. The van der Waals surface area contributed by atoms with Crippen LogP contribution in [0.3, 0.4) is 0 Å². The van der Waals surface area contributed by atoms with Crippen molar-refractivity contribution in [1.82, 2.24) is 0 Å². The second-order valence-corrected chi connectivity index (χ2v) is 3.44. The molecule has 0 aliphatic heterocycles. The molecule has 0 saturated carbocycles. The van der Waals surface area contributed by atoms with Crippen molar-refractivity contribution in [1.29, 1.82) is 0 Å². The third kappa shape index (κ3) is 4.79. The van der Waals surface area contributed by atoms with Gasteiger partial charge in [0.2, 0.25) is 0 Å². The zero-order valence-electron chi connectivity index (χ0n) is 4.13. The van der Waals surface area contributed by atoms with Crippen molar-refractivity contribution in [2.75, 3.05) is 6.16 Å². The first-order valence-corrected chi connectivity index (χ1v) is 3.76. The van der Waals surface area contributed by atoms with Crippen LogP contribution in [0.1, 0.15) is 6.92 Å². The lowest BCUT2D eigenvalue weighted by Gasteiger charge is -2.02. The number of nitrogens with two attached hydrogens (primary N) is 2. The molecule has 0 heterocycles. The van der Waals surface area contributed by atoms with Crippen LogP contribution in [0.2, 0.25) is 0 Å². The molecule has 0 saturated heterocycles. The molecular weight excluding hydrogens is 142 g/mol. The van der Waals surface area contributed by atoms with Crippen molar-refractivity contribution in [2.45, 2.75) is 6.92 Å². The van der Waals surface area contributed by atoms with E-state index < -0.39 is 7.52 Å². The Morgan fingerprint density at radius 3 is 2.12 bits per heavy atom. The molecule has 0 aromatic carbocycles. The Kier molecular flexibility index (Phi) is 6.46. The Bertz CT molecular complexity index is 90.0. The van der Waals surface area contributed by atoms with Crippen LogP contribution in [0.15, 0.2) is 0 Å². The average molecular weight is 154 g/mol. The molecule has 0 bridgehead atoms. The number of hydrogen-bond acceptors (Lipinski definition) is 3. The maximum absolute atomic E-state index is 10.4. The van der Waals surface area contributed by atoms with E-state index in [9.17, 15) is 4.57 Å². The highest BCUT2D eigenvalue weighted by atomic mass is 31.2. The van der Waals surface area contributed by atoms with Gasteiger partial charge in [0.25, 0.3) is 7.52 Å². The number of hydrogen-bond donors (Lipinski definition) is 2. The second kappa shape index (κ2) is 4.51. The van der Waals surface area contributed by atoms with Crippen LogP contribution >= 0.6 is 7.52 Å². The van der Waals surface area contributed by atoms with Gasteiger partial charge in [0.15, 0.2) is 17.4 Å². The minimum atomic E-state index is -2.88. The molecule has 50 valence electrons. The Balaban J connectivity index is 0. The zero-order valence-corrected chi connectivity index (χ0v) is 5.02. The van der Waals surface area contributed by atoms with Crippen molar-refractivity contribution in [2.24, 2.45) is 11.4 Å². The summed E-state index contributed by atoms with van der Waals surface area (Å²) in [5.74, 6) is 4.53. The monoisotopic (exact) mass is 154 g/mol. The quantitative estimate of drug-likeness (QED) is 0.299. The highest BCUT2D eigenvalue weighted by molar-refractivity contribution is 7.56. The third-order valence-electron chi connectivity index (χ3n) is 0.619. The summed E-state index contributed by atoms with van der Waals surface area (Å²) in [6, 6.07) is 0. The van der Waals surface area contributed by atoms with Gasteiger partial charge in [0, 0.05) is 6.16 Å². The lowest BCUT2D eigenvalue weighted by molar-refractivity contribution is 0.329. The summed E-state index contributed by atoms with van der Waals surface area (Å²) in [6.07, 6.45) is 0.281. The number of rotatable bonds is 2. The van der Waals surface area contributed by atoms with Gasteiger partial charge in [0.1, 0.15) is 0 Å². The molecule has 0 aliphatic carbocycles. The van der Waals surface area contributed by atoms with Gasteiger partial charge in [-0.3, -0.25) is 10.1 Å². The summed E-state index contributed by atoms with van der Waals surface area (Å²) in [6.45, 7) is 1.65. The molecule has 0 aromatic rings. The summed E-state index contributed by atoms with van der Waals surface area (Å²) in [4.78, 5) is 0. The van der Waals surface area contributed by atoms with E-state index in [2.05, 4.69) is 10.5 Å². The smallest absolute Gasteiger partial charge is 0.274 e. The molecule has 1 atom stereocenters. The Hall–Kier alpha value is 0.642. The summed E-state index contributed by atoms with van der Waals surface area (Å²) in [7, 11) is -2.88. The lowest BCUT2D eigenvalue weighted by Crippen LogP contribution is -2.05. The standard InChI is InChI=1S/C2H9N2O2P.Al.3H/c1-2-7(4,5)6-3;;;;/h2-3H2,1H3,(H2,4,5);;;;. The molecule has 0 rings (SSSR count). The van der Waals surface area contributed by atoms with Crippen LogP contribution < -0.4 is 11.4 Å². The van der Waals surface area contributed by atoms with Gasteiger partial charge in [-0.05, 0) is 0 Å². The summed E-state index contributed by atoms with van der Waals surface area (Å²) in [5.41, 5.74) is 4.92. The molecule has 8 heavy (non-hydrogen) atoms. The van der Waals surface area contributed by atoms with E-state index in [1.54, 1.807) is 6.92 Å². The van der Waals surface area contributed by atoms with Gasteiger partial charge in [0.05, 0.1) is 0 Å². The van der Waals surface area contributed by atoms with E-state index >= 15 is 0 Å². The molecule has 4 nitrogen and oxygen atoms in total. The van der Waals surface area contributed by atoms with Crippen LogP contribution in [0.4, 0.5) is 0 Å². The van der Waals surface area contributed by atoms with Gasteiger partial charge >= 0.3 is 0 Å². The van der Waals surface area contributed by atoms with Crippen molar-refractivity contribution < 1.29 is 9.19 Å². The van der Waals surface area contributed by atoms with E-state index in [1.165, 1.54) is 0 Å². The maximum atomic E-state index is 10.4. The Labute approximate surface area is 59.2 Å². The Morgan fingerprint density at radius 2 is 2.12 bits per heavy atom. The van der Waals surface area contributed by atoms with Gasteiger partial charge in [-0.1, -0.05) is 6.92 Å². The predicted octanol–water partition coefficient (Wildman–Crippen LogP) is -1.14. The molecule has 0 spiro atoms. The van der Waals surface area contributed by atoms with E-state index in [1.807, 2.05) is 0 Å². The maximum Gasteiger partial charge on any atom is 0.282 e. The normalized spacial score (nSPS) is 16.4. The summed E-state index contributed by atoms with van der Waals surface area (Å²) < 4.78 is 14.3. The molecule has 4 N–H and O–H groups in total. The van der Waals surface area contributed by atoms with E-state index in [4.69, 9.17) is 5.50 Å². The average Bonchev–Trinajstić information content (AvgIpc) is 1.68. The predicted molar refractivity (Wildman–Crippen MR) is 37.5 cm³/mol. The van der Waals surface area contributed by atoms with Gasteiger partial charge in [-0.15, -0.1) is 0 Å². The van der Waals surface area contributed by atoms with E-state index in [0.29, 0.717) is 0 Å². The first kappa shape index (κ1) is 11.4. The first-order valence-electron chi connectivity index (χ1n) is 1.88. The van der Waals surface area contributed by atoms with Crippen molar-refractivity contribution in [3.8, 4) is 0 Å². The van der Waals surface area contributed by atoms with Crippen molar-refractivity contribution in [3.05, 3.63) is 0 Å². The van der Waals surface area contributed by atoms with Crippen LogP contribution in [0, 0.1) is 0 Å². The SMILES string of the molecule is CCP(N)(=O)ON.[AlH3]. The minimum Gasteiger partial charge on any atom is -0.274 e.